The predicted molar refractivity (Wildman–Crippen MR) is 85.7 cm³/mol. The molecule has 0 saturated carbocycles. The molecule has 0 aliphatic heterocycles. The van der Waals surface area contributed by atoms with Gasteiger partial charge in [0.05, 0.1) is 12.6 Å². The lowest BCUT2D eigenvalue weighted by molar-refractivity contribution is 0.415. The van der Waals surface area contributed by atoms with Crippen molar-refractivity contribution < 1.29 is 4.74 Å². The summed E-state index contributed by atoms with van der Waals surface area (Å²) in [4.78, 5) is 4.58. The first kappa shape index (κ1) is 14.6. The van der Waals surface area contributed by atoms with Gasteiger partial charge in [0.25, 0.3) is 0 Å². The molecule has 0 fully saturated rings. The highest BCUT2D eigenvalue weighted by Gasteiger charge is 2.05. The van der Waals surface area contributed by atoms with E-state index >= 15 is 0 Å². The van der Waals surface area contributed by atoms with Crippen LogP contribution in [0.15, 0.2) is 24.3 Å². The number of ether oxygens (including phenoxy) is 1. The second-order valence-electron chi connectivity index (χ2n) is 5.18. The highest BCUT2D eigenvalue weighted by Crippen LogP contribution is 2.26. The topological polar surface area (TPSA) is 34.2 Å². The van der Waals surface area contributed by atoms with Gasteiger partial charge in [-0.15, -0.1) is 0 Å². The molecule has 1 N–H and O–H groups in total. The Morgan fingerprint density at radius 2 is 2.00 bits per heavy atom. The summed E-state index contributed by atoms with van der Waals surface area (Å²) in [6.45, 7) is 5.28. The van der Waals surface area contributed by atoms with Crippen molar-refractivity contribution in [1.82, 2.24) is 4.98 Å². The molecule has 0 aliphatic rings. The lowest BCUT2D eigenvalue weighted by Gasteiger charge is -2.11. The molecule has 1 aromatic carbocycles. The number of hydrogen-bond donors (Lipinski definition) is 1. The largest absolute Gasteiger partial charge is 0.497 e. The molecule has 108 valence electrons. The van der Waals surface area contributed by atoms with Gasteiger partial charge in [-0.1, -0.05) is 26.2 Å². The highest BCUT2D eigenvalue weighted by atomic mass is 16.5. The van der Waals surface area contributed by atoms with Crippen LogP contribution >= 0.6 is 0 Å². The van der Waals surface area contributed by atoms with Crippen molar-refractivity contribution in [2.75, 3.05) is 19.0 Å². The molecule has 0 unspecified atom stereocenters. The van der Waals surface area contributed by atoms with Crippen molar-refractivity contribution in [2.24, 2.45) is 0 Å². The summed E-state index contributed by atoms with van der Waals surface area (Å²) < 4.78 is 5.27. The Morgan fingerprint density at radius 1 is 1.15 bits per heavy atom. The third-order valence-electron chi connectivity index (χ3n) is 3.49. The zero-order valence-corrected chi connectivity index (χ0v) is 12.7. The van der Waals surface area contributed by atoms with Gasteiger partial charge < -0.3 is 10.1 Å². The number of anilines is 1. The fourth-order valence-electron chi connectivity index (χ4n) is 2.39. The Bertz CT molecular complexity index is 566. The first-order chi connectivity index (χ1) is 9.74. The molecule has 0 saturated heterocycles. The minimum atomic E-state index is 0.851. The molecule has 3 heteroatoms. The van der Waals surface area contributed by atoms with Gasteiger partial charge in [-0.2, -0.15) is 0 Å². The fraction of sp³-hybridized carbons (Fsp3) is 0.471. The highest BCUT2D eigenvalue weighted by molar-refractivity contribution is 5.92. The molecule has 0 spiro atoms. The van der Waals surface area contributed by atoms with Crippen molar-refractivity contribution in [1.29, 1.82) is 0 Å². The molecule has 1 heterocycles. The maximum Gasteiger partial charge on any atom is 0.121 e. The molecule has 0 aliphatic carbocycles. The van der Waals surface area contributed by atoms with E-state index in [9.17, 15) is 0 Å². The van der Waals surface area contributed by atoms with Crippen molar-refractivity contribution in [2.45, 2.75) is 39.5 Å². The number of aryl methyl sites for hydroxylation is 1. The van der Waals surface area contributed by atoms with Crippen molar-refractivity contribution in [3.05, 3.63) is 30.0 Å². The van der Waals surface area contributed by atoms with Gasteiger partial charge in [-0.3, -0.25) is 4.98 Å². The van der Waals surface area contributed by atoms with Gasteiger partial charge in [0.2, 0.25) is 0 Å². The first-order valence-corrected chi connectivity index (χ1v) is 7.44. The van der Waals surface area contributed by atoms with Gasteiger partial charge in [0.15, 0.2) is 0 Å². The second-order valence-corrected chi connectivity index (χ2v) is 5.18. The van der Waals surface area contributed by atoms with Gasteiger partial charge >= 0.3 is 0 Å². The minimum Gasteiger partial charge on any atom is -0.497 e. The number of nitrogens with one attached hydrogen (secondary N) is 1. The van der Waals surface area contributed by atoms with E-state index in [2.05, 4.69) is 29.4 Å². The summed E-state index contributed by atoms with van der Waals surface area (Å²) >= 11 is 0. The Kier molecular flexibility index (Phi) is 5.22. The van der Waals surface area contributed by atoms with Crippen LogP contribution < -0.4 is 10.1 Å². The quantitative estimate of drug-likeness (QED) is 0.751. The van der Waals surface area contributed by atoms with Crippen molar-refractivity contribution in [3.8, 4) is 5.75 Å². The maximum absolute atomic E-state index is 5.27. The molecule has 2 aromatic rings. The number of unbranched alkanes of at least 4 members (excludes halogenated alkanes) is 3. The minimum absolute atomic E-state index is 0.851. The van der Waals surface area contributed by atoms with Crippen LogP contribution in [0.3, 0.4) is 0 Å². The van der Waals surface area contributed by atoms with Gasteiger partial charge in [-0.25, -0.2) is 0 Å². The van der Waals surface area contributed by atoms with E-state index in [1.54, 1.807) is 7.11 Å². The number of hydrogen-bond acceptors (Lipinski definition) is 3. The number of pyridine rings is 1. The first-order valence-electron chi connectivity index (χ1n) is 7.44. The third-order valence-corrected chi connectivity index (χ3v) is 3.49. The molecule has 1 aromatic heterocycles. The average Bonchev–Trinajstić information content (AvgIpc) is 2.46. The average molecular weight is 272 g/mol. The third kappa shape index (κ3) is 3.62. The monoisotopic (exact) mass is 272 g/mol. The van der Waals surface area contributed by atoms with Crippen LogP contribution in [-0.2, 0) is 0 Å². The fourth-order valence-corrected chi connectivity index (χ4v) is 2.39. The Hall–Kier alpha value is -1.77. The predicted octanol–water partition coefficient (Wildman–Crippen LogP) is 4.54. The number of nitrogens with zero attached hydrogens (tertiary/aromatic N) is 1. The molecular weight excluding hydrogens is 248 g/mol. The number of aromatic nitrogens is 1. The van der Waals surface area contributed by atoms with Crippen molar-refractivity contribution >= 4 is 16.6 Å². The molecule has 0 amide bonds. The number of benzene rings is 1. The van der Waals surface area contributed by atoms with Crippen LogP contribution in [0.2, 0.25) is 0 Å². The lowest BCUT2D eigenvalue weighted by Crippen LogP contribution is -2.03. The zero-order chi connectivity index (χ0) is 14.4. The molecule has 0 atom stereocenters. The molecular formula is C17H24N2O. The van der Waals surface area contributed by atoms with Crippen molar-refractivity contribution in [3.63, 3.8) is 0 Å². The second kappa shape index (κ2) is 7.13. The standard InChI is InChI=1S/C17H24N2O/c1-4-5-6-7-10-18-16-11-13(2)19-17-12-14(20-3)8-9-15(16)17/h8-9,11-12H,4-7,10H2,1-3H3,(H,18,19). The number of methoxy groups -OCH3 is 1. The smallest absolute Gasteiger partial charge is 0.121 e. The summed E-state index contributed by atoms with van der Waals surface area (Å²) in [5.41, 5.74) is 3.19. The van der Waals surface area contributed by atoms with Gasteiger partial charge in [-0.05, 0) is 31.5 Å². The number of fused-ring (bicyclic) bond motifs is 1. The summed E-state index contributed by atoms with van der Waals surface area (Å²) in [5, 5.41) is 4.70. The lowest BCUT2D eigenvalue weighted by atomic mass is 10.1. The molecule has 3 nitrogen and oxygen atoms in total. The van der Waals surface area contributed by atoms with E-state index in [0.29, 0.717) is 0 Å². The Balaban J connectivity index is 2.15. The zero-order valence-electron chi connectivity index (χ0n) is 12.7. The molecule has 0 radical (unpaired) electrons. The van der Waals surface area contributed by atoms with Crippen LogP contribution in [0.25, 0.3) is 10.9 Å². The SMILES string of the molecule is CCCCCCNc1cc(C)nc2cc(OC)ccc12. The van der Waals surface area contributed by atoms with Crippen LogP contribution in [0, 0.1) is 6.92 Å². The summed E-state index contributed by atoms with van der Waals surface area (Å²) in [6.07, 6.45) is 5.10. The summed E-state index contributed by atoms with van der Waals surface area (Å²) in [5.74, 6) is 0.851. The molecule has 20 heavy (non-hydrogen) atoms. The normalized spacial score (nSPS) is 10.8. The van der Waals surface area contributed by atoms with E-state index < -0.39 is 0 Å². The Morgan fingerprint density at radius 3 is 2.75 bits per heavy atom. The van der Waals surface area contributed by atoms with Gasteiger partial charge in [0.1, 0.15) is 5.75 Å². The van der Waals surface area contributed by atoms with E-state index in [4.69, 9.17) is 4.74 Å². The molecule has 0 bridgehead atoms. The van der Waals surface area contributed by atoms with E-state index in [1.807, 2.05) is 19.1 Å². The van der Waals surface area contributed by atoms with Crippen LogP contribution in [0.5, 0.6) is 5.75 Å². The summed E-state index contributed by atoms with van der Waals surface area (Å²) in [7, 11) is 1.68. The van der Waals surface area contributed by atoms with Gasteiger partial charge in [0, 0.05) is 29.4 Å². The van der Waals surface area contributed by atoms with Crippen LogP contribution in [-0.4, -0.2) is 18.6 Å². The van der Waals surface area contributed by atoms with E-state index in [1.165, 1.54) is 31.4 Å². The summed E-state index contributed by atoms with van der Waals surface area (Å²) in [6, 6.07) is 8.18. The van der Waals surface area contributed by atoms with E-state index in [-0.39, 0.29) is 0 Å². The number of rotatable bonds is 7. The Labute approximate surface area is 121 Å². The van der Waals surface area contributed by atoms with E-state index in [0.717, 1.165) is 28.9 Å². The van der Waals surface area contributed by atoms with Crippen LogP contribution in [0.1, 0.15) is 38.3 Å². The van der Waals surface area contributed by atoms with Crippen LogP contribution in [0.4, 0.5) is 5.69 Å². The molecule has 2 rings (SSSR count). The maximum atomic E-state index is 5.27.